The zero-order valence-electron chi connectivity index (χ0n) is 24.2. The molecule has 4 aromatic rings. The highest BCUT2D eigenvalue weighted by molar-refractivity contribution is 8.05. The molecular weight excluding hydrogens is 565 g/mol. The van der Waals surface area contributed by atoms with Crippen LogP contribution in [0.5, 0.6) is 0 Å². The summed E-state index contributed by atoms with van der Waals surface area (Å²) < 4.78 is 5.51. The van der Waals surface area contributed by atoms with Crippen molar-refractivity contribution in [2.75, 3.05) is 56.2 Å². The Hall–Kier alpha value is -3.31. The largest absolute Gasteiger partial charge is 0.378 e. The van der Waals surface area contributed by atoms with E-state index in [-0.39, 0.29) is 11.6 Å². The van der Waals surface area contributed by atoms with E-state index in [0.29, 0.717) is 13.2 Å². The van der Waals surface area contributed by atoms with Gasteiger partial charge in [-0.05, 0) is 55.9 Å². The van der Waals surface area contributed by atoms with Crippen LogP contribution in [0.25, 0.3) is 11.3 Å². The van der Waals surface area contributed by atoms with Crippen LogP contribution >= 0.6 is 23.5 Å². The van der Waals surface area contributed by atoms with E-state index in [2.05, 4.69) is 86.4 Å². The summed E-state index contributed by atoms with van der Waals surface area (Å²) in [6.45, 7) is 12.1. The van der Waals surface area contributed by atoms with E-state index in [4.69, 9.17) is 4.74 Å². The number of nitrogens with one attached hydrogen (secondary N) is 2. The Kier molecular flexibility index (Phi) is 8.85. The lowest BCUT2D eigenvalue weighted by molar-refractivity contribution is 0.122. The number of morpholine rings is 1. The van der Waals surface area contributed by atoms with Gasteiger partial charge in [-0.15, -0.1) is 0 Å². The molecule has 8 nitrogen and oxygen atoms in total. The van der Waals surface area contributed by atoms with Gasteiger partial charge in [0.25, 0.3) is 0 Å². The molecule has 2 aromatic heterocycles. The molecule has 0 bridgehead atoms. The Morgan fingerprint density at radius 1 is 1.00 bits per heavy atom. The van der Waals surface area contributed by atoms with Gasteiger partial charge in [-0.2, -0.15) is 0 Å². The molecular formula is C32H36N6O2S2. The molecule has 6 rings (SSSR count). The molecule has 1 atom stereocenters. The Morgan fingerprint density at radius 2 is 1.79 bits per heavy atom. The third kappa shape index (κ3) is 6.36. The van der Waals surface area contributed by atoms with Gasteiger partial charge in [0.1, 0.15) is 0 Å². The third-order valence-electron chi connectivity index (χ3n) is 7.64. The van der Waals surface area contributed by atoms with Gasteiger partial charge in [-0.25, -0.2) is 9.97 Å². The summed E-state index contributed by atoms with van der Waals surface area (Å²) in [4.78, 5) is 34.4. The molecule has 10 heteroatoms. The van der Waals surface area contributed by atoms with Gasteiger partial charge in [0.2, 0.25) is 5.56 Å². The molecule has 1 fully saturated rings. The number of anilines is 2. The first-order valence-electron chi connectivity index (χ1n) is 14.5. The second kappa shape index (κ2) is 12.9. The van der Waals surface area contributed by atoms with Gasteiger partial charge in [0, 0.05) is 74.6 Å². The van der Waals surface area contributed by atoms with Crippen LogP contribution in [-0.4, -0.2) is 65.8 Å². The van der Waals surface area contributed by atoms with Crippen molar-refractivity contribution in [1.29, 1.82) is 0 Å². The summed E-state index contributed by atoms with van der Waals surface area (Å²) >= 11 is 3.53. The minimum atomic E-state index is -0.0898. The Bertz CT molecular complexity index is 1600. The second-order valence-electron chi connectivity index (χ2n) is 10.5. The van der Waals surface area contributed by atoms with Crippen LogP contribution in [0.15, 0.2) is 85.3 Å². The molecule has 2 N–H and O–H groups in total. The number of aryl methyl sites for hydroxylation is 1. The molecule has 2 aliphatic rings. The molecule has 2 aliphatic heterocycles. The molecule has 0 aliphatic carbocycles. The minimum Gasteiger partial charge on any atom is -0.378 e. The van der Waals surface area contributed by atoms with Crippen molar-refractivity contribution in [2.45, 2.75) is 46.4 Å². The van der Waals surface area contributed by atoms with Gasteiger partial charge in [-0.1, -0.05) is 49.5 Å². The summed E-state index contributed by atoms with van der Waals surface area (Å²) in [6.07, 6.45) is 3.77. The average molecular weight is 601 g/mol. The molecule has 1 unspecified atom stereocenters. The highest BCUT2D eigenvalue weighted by Gasteiger charge is 2.24. The topological polar surface area (TPSA) is 86.4 Å². The zero-order chi connectivity index (χ0) is 29.1. The second-order valence-corrected chi connectivity index (χ2v) is 12.7. The number of fused-ring (bicyclic) bond motifs is 2. The van der Waals surface area contributed by atoms with Crippen LogP contribution in [0.2, 0.25) is 0 Å². The number of nitrogens with zero attached hydrogens (tertiary/aromatic N) is 4. The first kappa shape index (κ1) is 28.8. The molecule has 2 aromatic carbocycles. The number of ether oxygens (including phenoxy) is 1. The van der Waals surface area contributed by atoms with Gasteiger partial charge >= 0.3 is 0 Å². The number of aromatic amines is 1. The highest BCUT2D eigenvalue weighted by Crippen LogP contribution is 2.52. The number of pyridine rings is 1. The number of benzene rings is 2. The number of hydrogen-bond acceptors (Lipinski definition) is 9. The highest BCUT2D eigenvalue weighted by atomic mass is 32.2. The number of aromatic nitrogens is 3. The van der Waals surface area contributed by atoms with Crippen LogP contribution in [0.1, 0.15) is 31.3 Å². The molecule has 4 heterocycles. The first-order chi connectivity index (χ1) is 20.5. The van der Waals surface area contributed by atoms with Crippen LogP contribution in [-0.2, 0) is 4.74 Å². The Morgan fingerprint density at radius 3 is 2.55 bits per heavy atom. The lowest BCUT2D eigenvalue weighted by atomic mass is 10.1. The van der Waals surface area contributed by atoms with Crippen molar-refractivity contribution in [3.8, 4) is 11.3 Å². The Balaban J connectivity index is 1.27. The van der Waals surface area contributed by atoms with E-state index < -0.39 is 0 Å². The normalized spacial score (nSPS) is 15.3. The maximum atomic E-state index is 12.7. The lowest BCUT2D eigenvalue weighted by Crippen LogP contribution is -2.36. The van der Waals surface area contributed by atoms with Crippen LogP contribution in [0.4, 0.5) is 11.4 Å². The molecule has 0 spiro atoms. The van der Waals surface area contributed by atoms with Gasteiger partial charge in [-0.3, -0.25) is 4.79 Å². The fourth-order valence-corrected chi connectivity index (χ4v) is 7.71. The van der Waals surface area contributed by atoms with E-state index in [1.54, 1.807) is 29.6 Å². The summed E-state index contributed by atoms with van der Waals surface area (Å²) in [5.41, 5.74) is 4.83. The SMILES string of the molecule is CCN(CC)CC(Nc1ccc2c(c1)Sc1cccc(-c3cc(N4CCOCC4)cc(=O)[nH]3)c1S2)c1ncc(C)cn1. The number of hydrogen-bond donors (Lipinski definition) is 2. The molecule has 0 saturated carbocycles. The van der Waals surface area contributed by atoms with Crippen LogP contribution < -0.4 is 15.8 Å². The molecule has 1 saturated heterocycles. The smallest absolute Gasteiger partial charge is 0.250 e. The first-order valence-corrected chi connectivity index (χ1v) is 16.1. The predicted molar refractivity (Wildman–Crippen MR) is 171 cm³/mol. The van der Waals surface area contributed by atoms with E-state index in [0.717, 1.165) is 71.6 Å². The summed E-state index contributed by atoms with van der Waals surface area (Å²) in [7, 11) is 0. The fraction of sp³-hybridized carbons (Fsp3) is 0.344. The number of H-pyrrole nitrogens is 1. The maximum Gasteiger partial charge on any atom is 0.250 e. The molecule has 42 heavy (non-hydrogen) atoms. The zero-order valence-corrected chi connectivity index (χ0v) is 25.9. The minimum absolute atomic E-state index is 0.0285. The molecule has 0 radical (unpaired) electrons. The van der Waals surface area contributed by atoms with Crippen molar-refractivity contribution in [3.63, 3.8) is 0 Å². The van der Waals surface area contributed by atoms with E-state index >= 15 is 0 Å². The van der Waals surface area contributed by atoms with Gasteiger partial charge < -0.3 is 24.8 Å². The Labute approximate surface area is 255 Å². The molecule has 218 valence electrons. The van der Waals surface area contributed by atoms with Crippen LogP contribution in [0, 0.1) is 6.92 Å². The summed E-state index contributed by atoms with van der Waals surface area (Å²) in [5.74, 6) is 0.801. The number of likely N-dealkylation sites (N-methyl/N-ethyl adjacent to an activating group) is 1. The van der Waals surface area contributed by atoms with Crippen molar-refractivity contribution < 1.29 is 4.74 Å². The number of rotatable bonds is 9. The van der Waals surface area contributed by atoms with E-state index in [1.807, 2.05) is 19.3 Å². The van der Waals surface area contributed by atoms with Crippen molar-refractivity contribution in [2.24, 2.45) is 0 Å². The van der Waals surface area contributed by atoms with E-state index in [9.17, 15) is 4.79 Å². The monoisotopic (exact) mass is 600 g/mol. The maximum absolute atomic E-state index is 12.7. The van der Waals surface area contributed by atoms with Crippen molar-refractivity contribution >= 4 is 34.9 Å². The predicted octanol–water partition coefficient (Wildman–Crippen LogP) is 6.09. The summed E-state index contributed by atoms with van der Waals surface area (Å²) in [5, 5.41) is 3.73. The van der Waals surface area contributed by atoms with Gasteiger partial charge in [0.15, 0.2) is 5.82 Å². The lowest BCUT2D eigenvalue weighted by Gasteiger charge is -2.29. The van der Waals surface area contributed by atoms with Crippen LogP contribution in [0.3, 0.4) is 0 Å². The van der Waals surface area contributed by atoms with Crippen molar-refractivity contribution in [3.05, 3.63) is 82.7 Å². The third-order valence-corrected chi connectivity index (χ3v) is 10.2. The fourth-order valence-electron chi connectivity index (χ4n) is 5.30. The summed E-state index contributed by atoms with van der Waals surface area (Å²) in [6, 6.07) is 16.6. The van der Waals surface area contributed by atoms with Crippen molar-refractivity contribution in [1.82, 2.24) is 19.9 Å². The van der Waals surface area contributed by atoms with E-state index in [1.165, 1.54) is 14.7 Å². The standard InChI is InChI=1S/C32H36N6O2S2/c1-4-37(5-2)20-26(32-33-18-21(3)19-34-32)35-22-9-10-27-29(15-22)41-28-8-6-7-24(31(28)42-27)25-16-23(17-30(39)36-25)38-11-13-40-14-12-38/h6-10,15-19,26,35H,4-5,11-14,20H2,1-3H3,(H,36,39). The average Bonchev–Trinajstić information content (AvgIpc) is 3.02. The van der Waals surface area contributed by atoms with Gasteiger partial charge in [0.05, 0.1) is 24.9 Å². The quantitative estimate of drug-likeness (QED) is 0.209. The molecule has 0 amide bonds.